The molecule has 1 saturated heterocycles. The van der Waals surface area contributed by atoms with Gasteiger partial charge >= 0.3 is 6.18 Å². The number of carbonyl (C=O) groups excluding carboxylic acids is 1. The molecule has 206 valence electrons. The van der Waals surface area contributed by atoms with E-state index in [4.69, 9.17) is 19.6 Å². The monoisotopic (exact) mass is 543 g/mol. The van der Waals surface area contributed by atoms with Crippen molar-refractivity contribution < 1.29 is 37.7 Å². The van der Waals surface area contributed by atoms with E-state index in [1.807, 2.05) is 13.0 Å². The van der Waals surface area contributed by atoms with Gasteiger partial charge in [0.25, 0.3) is 5.91 Å². The number of aliphatic hydroxyl groups is 2. The molecule has 3 atom stereocenters. The maximum atomic E-state index is 13.0. The van der Waals surface area contributed by atoms with Crippen LogP contribution in [-0.2, 0) is 16.3 Å². The van der Waals surface area contributed by atoms with E-state index in [0.717, 1.165) is 41.4 Å². The first kappa shape index (κ1) is 27.0. The molecule has 11 heteroatoms. The molecule has 1 aliphatic heterocycles. The normalized spacial score (nSPS) is 21.1. The number of halogens is 3. The quantitative estimate of drug-likeness (QED) is 0.392. The molecule has 8 nitrogen and oxygen atoms in total. The van der Waals surface area contributed by atoms with Crippen LogP contribution in [0.25, 0.3) is 11.1 Å². The topological polar surface area (TPSA) is 114 Å². The van der Waals surface area contributed by atoms with Crippen LogP contribution in [0.5, 0.6) is 5.88 Å². The Balaban J connectivity index is 1.46. The van der Waals surface area contributed by atoms with Gasteiger partial charge in [0.15, 0.2) is 0 Å². The van der Waals surface area contributed by atoms with Gasteiger partial charge in [-0.3, -0.25) is 9.78 Å². The third-order valence-electron chi connectivity index (χ3n) is 7.31. The number of ether oxygens (including phenoxy) is 2. The zero-order valence-electron chi connectivity index (χ0n) is 21.2. The highest BCUT2D eigenvalue weighted by Crippen LogP contribution is 2.58. The number of aryl methyl sites for hydroxylation is 1. The lowest BCUT2D eigenvalue weighted by Crippen LogP contribution is -2.24. The predicted octanol–water partition coefficient (Wildman–Crippen LogP) is 4.13. The third kappa shape index (κ3) is 5.75. The number of nitrogens with one attached hydrogen (secondary N) is 1. The fourth-order valence-electron chi connectivity index (χ4n) is 4.99. The molecule has 2 fully saturated rings. The smallest absolute Gasteiger partial charge is 0.433 e. The van der Waals surface area contributed by atoms with E-state index >= 15 is 0 Å². The summed E-state index contributed by atoms with van der Waals surface area (Å²) in [6.07, 6.45) is -2.99. The Labute approximate surface area is 222 Å². The van der Waals surface area contributed by atoms with Gasteiger partial charge in [0.2, 0.25) is 5.88 Å². The van der Waals surface area contributed by atoms with Crippen LogP contribution in [0.3, 0.4) is 0 Å². The summed E-state index contributed by atoms with van der Waals surface area (Å²) < 4.78 is 50.5. The SMILES string of the molecule is Cc1ccc(NC(=O)c2ccnc(C(F)(F)F)c2)cc1-c1cc(OCC(O)CO)nc(C23CCOCC2C3)c1. The van der Waals surface area contributed by atoms with Gasteiger partial charge in [-0.15, -0.1) is 0 Å². The number of benzene rings is 1. The largest absolute Gasteiger partial charge is 0.475 e. The Kier molecular flexibility index (Phi) is 7.32. The van der Waals surface area contributed by atoms with Crippen molar-refractivity contribution in [2.75, 3.05) is 31.7 Å². The van der Waals surface area contributed by atoms with Gasteiger partial charge < -0.3 is 25.0 Å². The molecule has 3 heterocycles. The summed E-state index contributed by atoms with van der Waals surface area (Å²) in [5.41, 5.74) is 2.28. The maximum absolute atomic E-state index is 13.0. The lowest BCUT2D eigenvalue weighted by atomic mass is 9.90. The van der Waals surface area contributed by atoms with Gasteiger partial charge in [-0.05, 0) is 72.7 Å². The number of nitrogens with zero attached hydrogens (tertiary/aromatic N) is 2. The van der Waals surface area contributed by atoms with E-state index < -0.39 is 30.5 Å². The molecule has 1 aromatic carbocycles. The predicted molar refractivity (Wildman–Crippen MR) is 135 cm³/mol. The molecular formula is C28H28F3N3O5. The molecule has 3 unspecified atom stereocenters. The highest BCUT2D eigenvalue weighted by molar-refractivity contribution is 6.04. The summed E-state index contributed by atoms with van der Waals surface area (Å²) in [5.74, 6) is -0.0394. The van der Waals surface area contributed by atoms with Crippen LogP contribution < -0.4 is 10.1 Å². The minimum atomic E-state index is -4.66. The van der Waals surface area contributed by atoms with Crippen LogP contribution in [0.15, 0.2) is 48.7 Å². The molecule has 3 N–H and O–H groups in total. The van der Waals surface area contributed by atoms with Gasteiger partial charge in [0.05, 0.1) is 18.9 Å². The third-order valence-corrected chi connectivity index (χ3v) is 7.31. The Morgan fingerprint density at radius 1 is 1.26 bits per heavy atom. The Morgan fingerprint density at radius 3 is 2.82 bits per heavy atom. The molecule has 1 saturated carbocycles. The maximum Gasteiger partial charge on any atom is 0.433 e. The minimum Gasteiger partial charge on any atom is -0.475 e. The second-order valence-corrected chi connectivity index (χ2v) is 10.0. The molecule has 2 aromatic heterocycles. The molecule has 3 aromatic rings. The second kappa shape index (κ2) is 10.6. The average Bonchev–Trinajstić information content (AvgIpc) is 3.68. The highest BCUT2D eigenvalue weighted by atomic mass is 19.4. The molecular weight excluding hydrogens is 515 g/mol. The molecule has 1 amide bonds. The first-order chi connectivity index (χ1) is 18.6. The number of anilines is 1. The van der Waals surface area contributed by atoms with Gasteiger partial charge in [-0.1, -0.05) is 6.07 Å². The van der Waals surface area contributed by atoms with E-state index in [1.54, 1.807) is 24.3 Å². The number of amides is 1. The minimum absolute atomic E-state index is 0.112. The van der Waals surface area contributed by atoms with Crippen LogP contribution >= 0.6 is 0 Å². The number of pyridine rings is 2. The van der Waals surface area contributed by atoms with Crippen molar-refractivity contribution in [3.8, 4) is 17.0 Å². The summed E-state index contributed by atoms with van der Waals surface area (Å²) in [5, 5.41) is 21.6. The average molecular weight is 544 g/mol. The summed E-state index contributed by atoms with van der Waals surface area (Å²) in [4.78, 5) is 20.8. The van der Waals surface area contributed by atoms with E-state index in [0.29, 0.717) is 36.8 Å². The van der Waals surface area contributed by atoms with Crippen LogP contribution in [0.4, 0.5) is 18.9 Å². The summed E-state index contributed by atoms with van der Waals surface area (Å²) in [7, 11) is 0. The van der Waals surface area contributed by atoms with Crippen molar-refractivity contribution in [2.24, 2.45) is 5.92 Å². The molecule has 0 spiro atoms. The Hall–Kier alpha value is -3.54. The van der Waals surface area contributed by atoms with Crippen molar-refractivity contribution in [3.63, 3.8) is 0 Å². The zero-order chi connectivity index (χ0) is 27.8. The fourth-order valence-corrected chi connectivity index (χ4v) is 4.99. The number of fused-ring (bicyclic) bond motifs is 1. The number of aliphatic hydroxyl groups excluding tert-OH is 2. The number of alkyl halides is 3. The molecule has 0 bridgehead atoms. The van der Waals surface area contributed by atoms with E-state index in [-0.39, 0.29) is 17.6 Å². The standard InChI is InChI=1S/C28H28F3N3O5/c1-16-2-3-20(33-26(37)17-4-6-32-24(8-17)28(29,30)31)11-22(16)18-9-23(27-5-7-38-14-19(27)12-27)34-25(10-18)39-15-21(36)13-35/h2-4,6,8-11,19,21,35-36H,5,7,12-15H2,1H3,(H,33,37). The van der Waals surface area contributed by atoms with Gasteiger partial charge in [-0.25, -0.2) is 4.98 Å². The van der Waals surface area contributed by atoms with Crippen LogP contribution in [0.2, 0.25) is 0 Å². The number of rotatable bonds is 8. The number of hydrogen-bond donors (Lipinski definition) is 3. The molecule has 1 aliphatic carbocycles. The zero-order valence-corrected chi connectivity index (χ0v) is 21.2. The van der Waals surface area contributed by atoms with E-state index in [1.165, 1.54) is 6.07 Å². The highest BCUT2D eigenvalue weighted by Gasteiger charge is 2.57. The Bertz CT molecular complexity index is 1380. The lowest BCUT2D eigenvalue weighted by molar-refractivity contribution is -0.141. The molecule has 0 radical (unpaired) electrons. The van der Waals surface area contributed by atoms with Crippen LogP contribution in [0, 0.1) is 12.8 Å². The summed E-state index contributed by atoms with van der Waals surface area (Å²) in [6, 6.07) is 10.9. The number of carbonyl (C=O) groups is 1. The van der Waals surface area contributed by atoms with Crippen molar-refractivity contribution in [1.29, 1.82) is 0 Å². The van der Waals surface area contributed by atoms with Gasteiger partial charge in [0, 0.05) is 35.5 Å². The molecule has 39 heavy (non-hydrogen) atoms. The second-order valence-electron chi connectivity index (χ2n) is 10.0. The summed E-state index contributed by atoms with van der Waals surface area (Å²) in [6.45, 7) is 2.62. The lowest BCUT2D eigenvalue weighted by Gasteiger charge is -2.23. The van der Waals surface area contributed by atoms with Gasteiger partial charge in [-0.2, -0.15) is 13.2 Å². The number of aromatic nitrogens is 2. The molecule has 5 rings (SSSR count). The molecule has 2 aliphatic rings. The fraction of sp³-hybridized carbons (Fsp3) is 0.393. The van der Waals surface area contributed by atoms with Crippen molar-refractivity contribution in [2.45, 2.75) is 37.5 Å². The summed E-state index contributed by atoms with van der Waals surface area (Å²) >= 11 is 0. The van der Waals surface area contributed by atoms with Crippen LogP contribution in [0.1, 0.15) is 40.2 Å². The first-order valence-corrected chi connectivity index (χ1v) is 12.6. The van der Waals surface area contributed by atoms with E-state index in [9.17, 15) is 23.1 Å². The number of hydrogen-bond acceptors (Lipinski definition) is 7. The van der Waals surface area contributed by atoms with Gasteiger partial charge in [0.1, 0.15) is 18.4 Å². The van der Waals surface area contributed by atoms with Crippen LogP contribution in [-0.4, -0.2) is 58.6 Å². The van der Waals surface area contributed by atoms with Crippen molar-refractivity contribution in [3.05, 3.63) is 71.2 Å². The Morgan fingerprint density at radius 2 is 2.08 bits per heavy atom. The first-order valence-electron chi connectivity index (χ1n) is 12.6. The van der Waals surface area contributed by atoms with E-state index in [2.05, 4.69) is 10.3 Å². The van der Waals surface area contributed by atoms with Crippen molar-refractivity contribution in [1.82, 2.24) is 9.97 Å². The van der Waals surface area contributed by atoms with Crippen molar-refractivity contribution >= 4 is 11.6 Å².